The number of hydrogen-bond acceptors (Lipinski definition) is 12. The number of nitrogens with zero attached hydrogens (tertiary/aromatic N) is 3. The molecule has 12 nitrogen and oxygen atoms in total. The van der Waals surface area contributed by atoms with Gasteiger partial charge in [0, 0.05) is 27.2 Å². The average molecular weight is 440 g/mol. The first-order valence-corrected chi connectivity index (χ1v) is 9.76. The molecule has 0 radical (unpaired) electrons. The summed E-state index contributed by atoms with van der Waals surface area (Å²) in [6.07, 6.45) is -2.59. The largest absolute Gasteiger partial charge is 0.466 e. The second-order valence-corrected chi connectivity index (χ2v) is 7.49. The van der Waals surface area contributed by atoms with Crippen LogP contribution < -0.4 is 10.6 Å². The molecule has 2 aromatic rings. The van der Waals surface area contributed by atoms with Crippen molar-refractivity contribution >= 4 is 45.5 Å². The Hall–Kier alpha value is -3.06. The molecule has 13 heteroatoms. The third-order valence-electron chi connectivity index (χ3n) is 4.23. The first-order valence-electron chi connectivity index (χ1n) is 8.94. The van der Waals surface area contributed by atoms with E-state index in [0.29, 0.717) is 4.70 Å². The lowest BCUT2D eigenvalue weighted by Crippen LogP contribution is -2.40. The Morgan fingerprint density at radius 2 is 1.83 bits per heavy atom. The van der Waals surface area contributed by atoms with Gasteiger partial charge in [0.05, 0.1) is 17.5 Å². The maximum Gasteiger partial charge on any atom is 0.311 e. The van der Waals surface area contributed by atoms with Crippen molar-refractivity contribution in [1.29, 1.82) is 0 Å². The van der Waals surface area contributed by atoms with Crippen LogP contribution in [0.3, 0.4) is 0 Å². The molecule has 0 unspecified atom stereocenters. The Kier molecular flexibility index (Phi) is 6.31. The fourth-order valence-corrected chi connectivity index (χ4v) is 4.01. The van der Waals surface area contributed by atoms with E-state index in [4.69, 9.17) is 24.7 Å². The Labute approximate surface area is 173 Å². The summed E-state index contributed by atoms with van der Waals surface area (Å²) < 4.78 is 23.3. The topological polar surface area (TPSA) is 162 Å². The number of hydrogen-bond donors (Lipinski definition) is 1. The molecular formula is C17H20N4O8S. The van der Waals surface area contributed by atoms with Crippen LogP contribution in [-0.2, 0) is 33.3 Å². The highest BCUT2D eigenvalue weighted by Crippen LogP contribution is 2.36. The summed E-state index contributed by atoms with van der Waals surface area (Å²) in [4.78, 5) is 54.7. The summed E-state index contributed by atoms with van der Waals surface area (Å²) in [5.74, 6) is -1.84. The Bertz CT molecular complexity index is 1030. The van der Waals surface area contributed by atoms with Crippen LogP contribution in [0.25, 0.3) is 10.3 Å². The van der Waals surface area contributed by atoms with Crippen molar-refractivity contribution in [1.82, 2.24) is 14.5 Å². The molecule has 0 spiro atoms. The van der Waals surface area contributed by atoms with Crippen molar-refractivity contribution in [3.63, 3.8) is 0 Å². The maximum absolute atomic E-state index is 12.7. The Morgan fingerprint density at radius 3 is 2.47 bits per heavy atom. The number of thiazole rings is 1. The fraction of sp³-hybridized carbons (Fsp3) is 0.529. The van der Waals surface area contributed by atoms with Crippen molar-refractivity contribution in [2.45, 2.75) is 51.7 Å². The van der Waals surface area contributed by atoms with Crippen LogP contribution in [-0.4, -0.2) is 57.4 Å². The molecule has 2 N–H and O–H groups in total. The van der Waals surface area contributed by atoms with Gasteiger partial charge < -0.3 is 24.7 Å². The molecule has 30 heavy (non-hydrogen) atoms. The summed E-state index contributed by atoms with van der Waals surface area (Å²) >= 11 is 0.863. The molecule has 1 fully saturated rings. The lowest BCUT2D eigenvalue weighted by molar-refractivity contribution is -0.165. The Morgan fingerprint density at radius 1 is 1.17 bits per heavy atom. The highest BCUT2D eigenvalue weighted by molar-refractivity contribution is 7.16. The maximum atomic E-state index is 12.7. The van der Waals surface area contributed by atoms with Crippen molar-refractivity contribution in [3.8, 4) is 0 Å². The molecule has 0 saturated carbocycles. The molecule has 3 heterocycles. The van der Waals surface area contributed by atoms with Gasteiger partial charge in [-0.25, -0.2) is 4.98 Å². The first kappa shape index (κ1) is 21.6. The number of anilines is 1. The van der Waals surface area contributed by atoms with Crippen LogP contribution in [0.15, 0.2) is 11.0 Å². The predicted molar refractivity (Wildman–Crippen MR) is 102 cm³/mol. The van der Waals surface area contributed by atoms with Crippen LogP contribution >= 0.6 is 11.3 Å². The summed E-state index contributed by atoms with van der Waals surface area (Å²) in [5, 5.41) is 0. The molecule has 162 valence electrons. The highest BCUT2D eigenvalue weighted by Gasteiger charge is 2.51. The van der Waals surface area contributed by atoms with Crippen molar-refractivity contribution < 1.29 is 33.3 Å². The lowest BCUT2D eigenvalue weighted by Gasteiger charge is -2.23. The van der Waals surface area contributed by atoms with Crippen molar-refractivity contribution in [2.24, 2.45) is 0 Å². The van der Waals surface area contributed by atoms with E-state index in [-0.39, 0.29) is 24.6 Å². The second-order valence-electron chi connectivity index (χ2n) is 6.50. The van der Waals surface area contributed by atoms with Gasteiger partial charge in [0.2, 0.25) is 5.95 Å². The molecular weight excluding hydrogens is 420 g/mol. The second kappa shape index (κ2) is 8.75. The van der Waals surface area contributed by atoms with Crippen LogP contribution in [0.4, 0.5) is 5.95 Å². The monoisotopic (exact) mass is 440 g/mol. The summed E-state index contributed by atoms with van der Waals surface area (Å²) in [6, 6.07) is 0. The van der Waals surface area contributed by atoms with Crippen LogP contribution in [0.1, 0.15) is 33.4 Å². The van der Waals surface area contributed by atoms with E-state index in [9.17, 15) is 19.2 Å². The molecule has 1 aliphatic heterocycles. The number of carbonyl (C=O) groups is 3. The van der Waals surface area contributed by atoms with E-state index >= 15 is 0 Å². The van der Waals surface area contributed by atoms with E-state index in [1.54, 1.807) is 0 Å². The molecule has 4 atom stereocenters. The van der Waals surface area contributed by atoms with E-state index in [1.807, 2.05) is 0 Å². The molecule has 2 aromatic heterocycles. The van der Waals surface area contributed by atoms with Crippen LogP contribution in [0, 0.1) is 0 Å². The zero-order chi connectivity index (χ0) is 22.0. The third kappa shape index (κ3) is 4.57. The number of carbonyl (C=O) groups excluding carboxylic acids is 3. The summed E-state index contributed by atoms with van der Waals surface area (Å²) in [5.41, 5.74) is 5.85. The normalized spacial score (nSPS) is 23.3. The zero-order valence-corrected chi connectivity index (χ0v) is 17.2. The van der Waals surface area contributed by atoms with Gasteiger partial charge in [-0.3, -0.25) is 23.7 Å². The Balaban J connectivity index is 2.03. The number of ether oxygens (including phenoxy) is 4. The number of nitrogen functional groups attached to an aromatic ring is 1. The van der Waals surface area contributed by atoms with E-state index in [0.717, 1.165) is 11.3 Å². The molecule has 0 aliphatic carbocycles. The van der Waals surface area contributed by atoms with Crippen LogP contribution in [0.5, 0.6) is 0 Å². The molecule has 1 saturated heterocycles. The van der Waals surface area contributed by atoms with Gasteiger partial charge in [-0.2, -0.15) is 4.98 Å². The number of rotatable bonds is 6. The first-order chi connectivity index (χ1) is 14.2. The van der Waals surface area contributed by atoms with E-state index in [2.05, 4.69) is 9.97 Å². The summed E-state index contributed by atoms with van der Waals surface area (Å²) in [6.45, 7) is 3.61. The van der Waals surface area contributed by atoms with Crippen molar-refractivity contribution in [3.05, 3.63) is 15.9 Å². The van der Waals surface area contributed by atoms with Gasteiger partial charge >= 0.3 is 22.8 Å². The number of fused-ring (bicyclic) bond motifs is 1. The summed E-state index contributed by atoms with van der Waals surface area (Å²) in [7, 11) is 0. The standard InChI is InChI=1S/C17H20N4O8S/c1-7(22)26-5-4-10-12(27-8(2)23)13(28-9(3)24)15(29-10)21-14-11(30-17(21)25)6-19-16(18)20-14/h6,10,12-13,15H,4-5H2,1-3H3,(H2,18,19,20)/t10-,12-,13-,15-/m1/s1. The minimum Gasteiger partial charge on any atom is -0.466 e. The molecule has 0 bridgehead atoms. The predicted octanol–water partition coefficient (Wildman–Crippen LogP) is 0.149. The van der Waals surface area contributed by atoms with Crippen LogP contribution in [0.2, 0.25) is 0 Å². The van der Waals surface area contributed by atoms with E-state index < -0.39 is 47.3 Å². The van der Waals surface area contributed by atoms with E-state index in [1.165, 1.54) is 31.5 Å². The highest BCUT2D eigenvalue weighted by atomic mass is 32.1. The minimum atomic E-state index is -1.14. The van der Waals surface area contributed by atoms with Crippen molar-refractivity contribution in [2.75, 3.05) is 12.3 Å². The van der Waals surface area contributed by atoms with Gasteiger partial charge in [0.25, 0.3) is 0 Å². The van der Waals surface area contributed by atoms with Gasteiger partial charge in [-0.1, -0.05) is 11.3 Å². The molecule has 0 aromatic carbocycles. The number of nitrogens with two attached hydrogens (primary N) is 1. The number of aromatic nitrogens is 3. The third-order valence-corrected chi connectivity index (χ3v) is 5.11. The van der Waals surface area contributed by atoms with Gasteiger partial charge in [0.1, 0.15) is 6.10 Å². The fourth-order valence-electron chi connectivity index (χ4n) is 3.19. The van der Waals surface area contributed by atoms with Gasteiger partial charge in [0.15, 0.2) is 24.1 Å². The SMILES string of the molecule is CC(=O)OCC[C@H]1O[C@@H](n2c(=O)sc3cnc(N)nc32)[C@H](OC(C)=O)[C@@H]1OC(C)=O. The lowest BCUT2D eigenvalue weighted by atomic mass is 10.1. The minimum absolute atomic E-state index is 0.0221. The van der Waals surface area contributed by atoms with Gasteiger partial charge in [-0.05, 0) is 0 Å². The quantitative estimate of drug-likeness (QED) is 0.480. The number of esters is 3. The smallest absolute Gasteiger partial charge is 0.311 e. The molecule has 3 rings (SSSR count). The average Bonchev–Trinajstić information content (AvgIpc) is 3.11. The zero-order valence-electron chi connectivity index (χ0n) is 16.4. The molecule has 1 aliphatic rings. The molecule has 0 amide bonds. The van der Waals surface area contributed by atoms with Gasteiger partial charge in [-0.15, -0.1) is 0 Å².